The van der Waals surface area contributed by atoms with Crippen LogP contribution in [0.3, 0.4) is 0 Å². The van der Waals surface area contributed by atoms with Gasteiger partial charge in [-0.25, -0.2) is 0 Å². The Labute approximate surface area is 152 Å². The van der Waals surface area contributed by atoms with Crippen LogP contribution in [0.2, 0.25) is 0 Å². The molecular weight excluding hydrogens is 302 g/mol. The van der Waals surface area contributed by atoms with Gasteiger partial charge in [0.15, 0.2) is 0 Å². The summed E-state index contributed by atoms with van der Waals surface area (Å²) < 4.78 is 0. The number of fused-ring (bicyclic) bond motifs is 1. The van der Waals surface area contributed by atoms with E-state index in [0.717, 1.165) is 12.8 Å². The lowest BCUT2D eigenvalue weighted by molar-refractivity contribution is 0.271. The summed E-state index contributed by atoms with van der Waals surface area (Å²) in [4.78, 5) is 0. The molecule has 3 rings (SSSR count). The summed E-state index contributed by atoms with van der Waals surface area (Å²) in [6.07, 6.45) is 2.19. The Morgan fingerprint density at radius 3 is 2.12 bits per heavy atom. The largest absolute Gasteiger partial charge is 0.380 e. The first-order chi connectivity index (χ1) is 11.8. The van der Waals surface area contributed by atoms with Gasteiger partial charge in [-0.15, -0.1) is 0 Å². The highest BCUT2D eigenvalue weighted by Gasteiger charge is 2.29. The predicted octanol–water partition coefficient (Wildman–Crippen LogP) is 6.69. The number of rotatable bonds is 6. The molecule has 0 amide bonds. The molecule has 0 saturated carbocycles. The summed E-state index contributed by atoms with van der Waals surface area (Å²) in [6.45, 7) is 9.35. The smallest absolute Gasteiger partial charge is 0.0423 e. The molecule has 0 unspecified atom stereocenters. The standard InChI is InChI=1S/C24H29N/c1-23(2,17-19-11-6-5-7-12-19)18-24(3,4)25-22-16-10-14-20-13-8-9-15-21(20)22/h5-16,25H,17-18H2,1-4H3. The van der Waals surface area contributed by atoms with E-state index in [9.17, 15) is 0 Å². The van der Waals surface area contributed by atoms with Crippen molar-refractivity contribution in [2.75, 3.05) is 5.32 Å². The SMILES string of the molecule is CC(C)(Cc1ccccc1)CC(C)(C)Nc1cccc2ccccc12. The van der Waals surface area contributed by atoms with Crippen LogP contribution in [0.15, 0.2) is 72.8 Å². The van der Waals surface area contributed by atoms with E-state index in [1.54, 1.807) is 0 Å². The van der Waals surface area contributed by atoms with Crippen molar-refractivity contribution in [2.45, 2.75) is 46.1 Å². The Hall–Kier alpha value is -2.28. The van der Waals surface area contributed by atoms with Gasteiger partial charge in [-0.3, -0.25) is 0 Å². The van der Waals surface area contributed by atoms with E-state index in [4.69, 9.17) is 0 Å². The molecule has 130 valence electrons. The molecule has 0 aliphatic heterocycles. The van der Waals surface area contributed by atoms with Crippen molar-refractivity contribution in [1.82, 2.24) is 0 Å². The highest BCUT2D eigenvalue weighted by atomic mass is 15.0. The second kappa shape index (κ2) is 6.92. The number of hydrogen-bond donors (Lipinski definition) is 1. The second-order valence-electron chi connectivity index (χ2n) is 8.54. The van der Waals surface area contributed by atoms with E-state index in [1.807, 2.05) is 0 Å². The van der Waals surface area contributed by atoms with Crippen LogP contribution in [0.25, 0.3) is 10.8 Å². The third kappa shape index (κ3) is 4.63. The summed E-state index contributed by atoms with van der Waals surface area (Å²) in [5, 5.41) is 6.38. The zero-order valence-electron chi connectivity index (χ0n) is 15.8. The molecule has 0 aliphatic carbocycles. The van der Waals surface area contributed by atoms with Crippen LogP contribution >= 0.6 is 0 Å². The molecule has 0 aromatic heterocycles. The van der Waals surface area contributed by atoms with Gasteiger partial charge in [0.05, 0.1) is 0 Å². The minimum Gasteiger partial charge on any atom is -0.380 e. The van der Waals surface area contributed by atoms with Crippen LogP contribution in [0.4, 0.5) is 5.69 Å². The Kier molecular flexibility index (Phi) is 4.85. The molecule has 1 N–H and O–H groups in total. The van der Waals surface area contributed by atoms with Crippen molar-refractivity contribution in [1.29, 1.82) is 0 Å². The molecule has 25 heavy (non-hydrogen) atoms. The number of nitrogens with one attached hydrogen (secondary N) is 1. The van der Waals surface area contributed by atoms with Gasteiger partial charge in [0, 0.05) is 16.6 Å². The van der Waals surface area contributed by atoms with E-state index in [0.29, 0.717) is 0 Å². The molecule has 0 atom stereocenters. The molecule has 3 aromatic carbocycles. The summed E-state index contributed by atoms with van der Waals surface area (Å²) >= 11 is 0. The fraction of sp³-hybridized carbons (Fsp3) is 0.333. The number of anilines is 1. The van der Waals surface area contributed by atoms with E-state index < -0.39 is 0 Å². The predicted molar refractivity (Wildman–Crippen MR) is 110 cm³/mol. The van der Waals surface area contributed by atoms with Gasteiger partial charge in [-0.05, 0) is 49.1 Å². The van der Waals surface area contributed by atoms with Gasteiger partial charge in [0.1, 0.15) is 0 Å². The molecule has 0 heterocycles. The van der Waals surface area contributed by atoms with Crippen molar-refractivity contribution in [3.63, 3.8) is 0 Å². The number of benzene rings is 3. The Balaban J connectivity index is 1.76. The third-order valence-electron chi connectivity index (χ3n) is 4.71. The van der Waals surface area contributed by atoms with Crippen LogP contribution in [0.5, 0.6) is 0 Å². The maximum Gasteiger partial charge on any atom is 0.0423 e. The monoisotopic (exact) mass is 331 g/mol. The van der Waals surface area contributed by atoms with Crippen LogP contribution in [0, 0.1) is 5.41 Å². The lowest BCUT2D eigenvalue weighted by Crippen LogP contribution is -2.37. The lowest BCUT2D eigenvalue weighted by atomic mass is 9.76. The zero-order valence-corrected chi connectivity index (χ0v) is 15.8. The fourth-order valence-electron chi connectivity index (χ4n) is 4.15. The Bertz CT molecular complexity index is 826. The van der Waals surface area contributed by atoms with E-state index in [-0.39, 0.29) is 11.0 Å². The Morgan fingerprint density at radius 2 is 1.36 bits per heavy atom. The molecule has 0 radical (unpaired) electrons. The number of hydrogen-bond acceptors (Lipinski definition) is 1. The zero-order chi connectivity index (χ0) is 17.9. The summed E-state index contributed by atoms with van der Waals surface area (Å²) in [7, 11) is 0. The molecule has 0 spiro atoms. The molecule has 0 fully saturated rings. The fourth-order valence-corrected chi connectivity index (χ4v) is 4.15. The second-order valence-corrected chi connectivity index (χ2v) is 8.54. The minimum absolute atomic E-state index is 0.0163. The maximum absolute atomic E-state index is 3.80. The topological polar surface area (TPSA) is 12.0 Å². The quantitative estimate of drug-likeness (QED) is 0.530. The van der Waals surface area contributed by atoms with Crippen molar-refractivity contribution in [3.8, 4) is 0 Å². The highest BCUT2D eigenvalue weighted by Crippen LogP contribution is 2.35. The van der Waals surface area contributed by atoms with Gasteiger partial charge >= 0.3 is 0 Å². The normalized spacial score (nSPS) is 12.3. The summed E-state index contributed by atoms with van der Waals surface area (Å²) in [6, 6.07) is 25.9. The molecule has 3 aromatic rings. The molecule has 0 bridgehead atoms. The summed E-state index contributed by atoms with van der Waals surface area (Å²) in [5.41, 5.74) is 2.87. The average molecular weight is 332 g/mol. The van der Waals surface area contributed by atoms with Gasteiger partial charge in [-0.1, -0.05) is 80.6 Å². The van der Waals surface area contributed by atoms with Gasteiger partial charge in [-0.2, -0.15) is 0 Å². The first-order valence-electron chi connectivity index (χ1n) is 9.15. The van der Waals surface area contributed by atoms with Crippen molar-refractivity contribution >= 4 is 16.5 Å². The van der Waals surface area contributed by atoms with Crippen LogP contribution in [-0.2, 0) is 6.42 Å². The Morgan fingerprint density at radius 1 is 0.720 bits per heavy atom. The average Bonchev–Trinajstić information content (AvgIpc) is 2.54. The molecule has 1 heteroatoms. The minimum atomic E-state index is 0.0163. The molecule has 1 nitrogen and oxygen atoms in total. The summed E-state index contributed by atoms with van der Waals surface area (Å²) in [5.74, 6) is 0. The van der Waals surface area contributed by atoms with Gasteiger partial charge in [0.25, 0.3) is 0 Å². The van der Waals surface area contributed by atoms with E-state index in [2.05, 4.69) is 106 Å². The van der Waals surface area contributed by atoms with Crippen LogP contribution < -0.4 is 5.32 Å². The first-order valence-corrected chi connectivity index (χ1v) is 9.15. The molecule has 0 aliphatic rings. The third-order valence-corrected chi connectivity index (χ3v) is 4.71. The lowest BCUT2D eigenvalue weighted by Gasteiger charge is -2.37. The van der Waals surface area contributed by atoms with Crippen molar-refractivity contribution in [3.05, 3.63) is 78.4 Å². The van der Waals surface area contributed by atoms with E-state index >= 15 is 0 Å². The van der Waals surface area contributed by atoms with E-state index in [1.165, 1.54) is 22.0 Å². The van der Waals surface area contributed by atoms with Gasteiger partial charge in [0.2, 0.25) is 0 Å². The maximum atomic E-state index is 3.80. The molecular formula is C24H29N. The van der Waals surface area contributed by atoms with Crippen LogP contribution in [0.1, 0.15) is 39.7 Å². The van der Waals surface area contributed by atoms with Crippen molar-refractivity contribution in [2.24, 2.45) is 5.41 Å². The van der Waals surface area contributed by atoms with Crippen LogP contribution in [-0.4, -0.2) is 5.54 Å². The van der Waals surface area contributed by atoms with Gasteiger partial charge < -0.3 is 5.32 Å². The first kappa shape index (κ1) is 17.5. The highest BCUT2D eigenvalue weighted by molar-refractivity contribution is 5.94. The molecule has 0 saturated heterocycles. The van der Waals surface area contributed by atoms with Crippen molar-refractivity contribution < 1.29 is 0 Å².